The molecule has 0 aromatic rings. The van der Waals surface area contributed by atoms with Gasteiger partial charge in [-0.1, -0.05) is 0 Å². The summed E-state index contributed by atoms with van der Waals surface area (Å²) in [5.41, 5.74) is -0.0422. The van der Waals surface area contributed by atoms with E-state index in [-0.39, 0.29) is 5.57 Å². The highest BCUT2D eigenvalue weighted by Gasteiger charge is 2.39. The van der Waals surface area contributed by atoms with Crippen molar-refractivity contribution < 1.29 is 24.9 Å². The number of carbonyl (C=O) groups excluding carboxylic acids is 1. The smallest absolute Gasteiger partial charge is 0.335 e. The highest BCUT2D eigenvalue weighted by Crippen LogP contribution is 2.25. The van der Waals surface area contributed by atoms with Gasteiger partial charge >= 0.3 is 5.97 Å². The second-order valence-electron chi connectivity index (χ2n) is 2.99. The molecule has 5 nitrogen and oxygen atoms in total. The lowest BCUT2D eigenvalue weighted by Gasteiger charge is -2.30. The topological polar surface area (TPSA) is 87.0 Å². The van der Waals surface area contributed by atoms with Gasteiger partial charge in [-0.2, -0.15) is 0 Å². The number of hydrogen-bond acceptors (Lipinski definition) is 5. The van der Waals surface area contributed by atoms with E-state index in [2.05, 4.69) is 4.74 Å². The molecule has 0 spiro atoms. The Morgan fingerprint density at radius 2 is 2.00 bits per heavy atom. The zero-order valence-electron chi connectivity index (χ0n) is 7.42. The minimum Gasteiger partial charge on any atom is -0.466 e. The van der Waals surface area contributed by atoms with E-state index in [0.717, 1.165) is 13.2 Å². The maximum absolute atomic E-state index is 11.1. The molecular weight excluding hydrogens is 212 g/mol. The largest absolute Gasteiger partial charge is 0.466 e. The van der Waals surface area contributed by atoms with Crippen LogP contribution in [0.4, 0.5) is 0 Å². The number of methoxy groups -OCH3 is 1. The molecule has 1 rings (SSSR count). The van der Waals surface area contributed by atoms with Crippen molar-refractivity contribution in [3.8, 4) is 0 Å². The predicted molar refractivity (Wildman–Crippen MR) is 47.8 cm³/mol. The van der Waals surface area contributed by atoms with Crippen LogP contribution < -0.4 is 0 Å². The second-order valence-corrected chi connectivity index (χ2v) is 3.46. The highest BCUT2D eigenvalue weighted by atomic mass is 35.5. The average molecular weight is 223 g/mol. The quantitative estimate of drug-likeness (QED) is 0.383. The molecule has 0 fully saturated rings. The van der Waals surface area contributed by atoms with Gasteiger partial charge in [0, 0.05) is 0 Å². The Balaban J connectivity index is 2.95. The molecule has 0 bridgehead atoms. The summed E-state index contributed by atoms with van der Waals surface area (Å²) in [5, 5.41) is 26.7. The monoisotopic (exact) mass is 222 g/mol. The fraction of sp³-hybridized carbons (Fsp3) is 0.625. The molecule has 1 aliphatic carbocycles. The van der Waals surface area contributed by atoms with E-state index in [1.54, 1.807) is 0 Å². The Kier molecular flexibility index (Phi) is 3.49. The first kappa shape index (κ1) is 11.5. The molecule has 14 heavy (non-hydrogen) atoms. The van der Waals surface area contributed by atoms with Crippen molar-refractivity contribution in [1.82, 2.24) is 0 Å². The Morgan fingerprint density at radius 3 is 2.50 bits per heavy atom. The fourth-order valence-electron chi connectivity index (χ4n) is 1.23. The number of aliphatic hydroxyl groups excluding tert-OH is 3. The Bertz CT molecular complexity index is 264. The van der Waals surface area contributed by atoms with E-state index >= 15 is 0 Å². The third-order valence-electron chi connectivity index (χ3n) is 2.07. The van der Waals surface area contributed by atoms with Crippen LogP contribution in [-0.2, 0) is 9.53 Å². The number of esters is 1. The summed E-state index contributed by atoms with van der Waals surface area (Å²) in [6, 6.07) is 0. The van der Waals surface area contributed by atoms with Gasteiger partial charge in [0.2, 0.25) is 0 Å². The highest BCUT2D eigenvalue weighted by molar-refractivity contribution is 6.25. The molecule has 3 N–H and O–H groups in total. The molecule has 4 atom stereocenters. The number of ether oxygens (including phenoxy) is 1. The van der Waals surface area contributed by atoms with Gasteiger partial charge in [0.15, 0.2) is 0 Å². The average Bonchev–Trinajstić information content (AvgIpc) is 2.19. The SMILES string of the molecule is COC(=O)C1=C[C@@H](O)[C@H](O)[C@H](O)[C@H]1Cl. The maximum atomic E-state index is 11.1. The van der Waals surface area contributed by atoms with Crippen molar-refractivity contribution in [2.75, 3.05) is 7.11 Å². The van der Waals surface area contributed by atoms with Crippen LogP contribution in [0.25, 0.3) is 0 Å². The molecule has 80 valence electrons. The number of aliphatic hydroxyl groups is 3. The summed E-state index contributed by atoms with van der Waals surface area (Å²) >= 11 is 5.68. The third-order valence-corrected chi connectivity index (χ3v) is 2.56. The fourth-order valence-corrected chi connectivity index (χ4v) is 1.54. The molecule has 0 unspecified atom stereocenters. The van der Waals surface area contributed by atoms with Gasteiger partial charge in [-0.3, -0.25) is 0 Å². The van der Waals surface area contributed by atoms with Crippen LogP contribution in [0.15, 0.2) is 11.6 Å². The molecule has 0 saturated carbocycles. The standard InChI is InChI=1S/C8H11ClO5/c1-14-8(13)3-2-4(10)6(11)7(12)5(3)9/h2,4-7,10-12H,1H3/t4-,5+,6+,7-/m1/s1. The molecule has 0 radical (unpaired) electrons. The molecule has 0 aliphatic heterocycles. The van der Waals surface area contributed by atoms with E-state index in [4.69, 9.17) is 11.6 Å². The minimum atomic E-state index is -1.38. The van der Waals surface area contributed by atoms with Crippen LogP contribution >= 0.6 is 11.6 Å². The van der Waals surface area contributed by atoms with Gasteiger partial charge in [-0.25, -0.2) is 4.79 Å². The van der Waals surface area contributed by atoms with E-state index in [0.29, 0.717) is 0 Å². The van der Waals surface area contributed by atoms with Crippen molar-refractivity contribution in [2.24, 2.45) is 0 Å². The lowest BCUT2D eigenvalue weighted by molar-refractivity contribution is -0.137. The number of halogens is 1. The van der Waals surface area contributed by atoms with Gasteiger partial charge in [-0.15, -0.1) is 11.6 Å². The summed E-state index contributed by atoms with van der Waals surface area (Å²) in [6.07, 6.45) is -2.99. The first-order chi connectivity index (χ1) is 6.49. The van der Waals surface area contributed by atoms with E-state index in [1.807, 2.05) is 0 Å². The zero-order chi connectivity index (χ0) is 10.9. The van der Waals surface area contributed by atoms with E-state index < -0.39 is 29.7 Å². The number of rotatable bonds is 1. The molecule has 0 aromatic heterocycles. The summed E-state index contributed by atoms with van der Waals surface area (Å²) < 4.78 is 4.40. The van der Waals surface area contributed by atoms with Crippen LogP contribution in [0.5, 0.6) is 0 Å². The molecule has 0 aromatic carbocycles. The molecule has 0 amide bonds. The zero-order valence-corrected chi connectivity index (χ0v) is 8.18. The Hall–Kier alpha value is -0.620. The lowest BCUT2D eigenvalue weighted by Crippen LogP contribution is -2.47. The van der Waals surface area contributed by atoms with Crippen LogP contribution in [-0.4, -0.2) is 52.1 Å². The Morgan fingerprint density at radius 1 is 1.43 bits per heavy atom. The van der Waals surface area contributed by atoms with Crippen molar-refractivity contribution in [3.05, 3.63) is 11.6 Å². The summed E-state index contributed by atoms with van der Waals surface area (Å²) in [4.78, 5) is 11.1. The van der Waals surface area contributed by atoms with Gasteiger partial charge in [0.05, 0.1) is 18.1 Å². The molecule has 0 saturated heterocycles. The molecular formula is C8H11ClO5. The first-order valence-corrected chi connectivity index (χ1v) is 4.41. The summed E-state index contributed by atoms with van der Waals surface area (Å²) in [5.74, 6) is -0.727. The minimum absolute atomic E-state index is 0.0422. The Labute approximate surface area is 85.6 Å². The third kappa shape index (κ3) is 1.90. The van der Waals surface area contributed by atoms with Crippen molar-refractivity contribution in [2.45, 2.75) is 23.7 Å². The van der Waals surface area contributed by atoms with E-state index in [1.165, 1.54) is 0 Å². The van der Waals surface area contributed by atoms with Gasteiger partial charge in [0.25, 0.3) is 0 Å². The molecule has 0 heterocycles. The van der Waals surface area contributed by atoms with Crippen LogP contribution in [0.1, 0.15) is 0 Å². The number of carbonyl (C=O) groups is 1. The predicted octanol–water partition coefficient (Wildman–Crippen LogP) is -1.21. The molecule has 1 aliphatic rings. The van der Waals surface area contributed by atoms with Gasteiger partial charge in [-0.05, 0) is 6.08 Å². The van der Waals surface area contributed by atoms with Crippen molar-refractivity contribution in [1.29, 1.82) is 0 Å². The van der Waals surface area contributed by atoms with E-state index in [9.17, 15) is 20.1 Å². The number of alkyl halides is 1. The maximum Gasteiger partial charge on any atom is 0.335 e. The lowest BCUT2D eigenvalue weighted by atomic mass is 9.92. The second kappa shape index (κ2) is 4.27. The number of hydrogen-bond donors (Lipinski definition) is 3. The molecule has 6 heteroatoms. The first-order valence-electron chi connectivity index (χ1n) is 3.97. The normalized spacial score (nSPS) is 37.6. The summed E-state index contributed by atoms with van der Waals surface area (Å²) in [6.45, 7) is 0. The van der Waals surface area contributed by atoms with Crippen molar-refractivity contribution >= 4 is 17.6 Å². The summed E-state index contributed by atoms with van der Waals surface area (Å²) in [7, 11) is 1.16. The van der Waals surface area contributed by atoms with Gasteiger partial charge < -0.3 is 20.1 Å². The van der Waals surface area contributed by atoms with Crippen LogP contribution in [0.3, 0.4) is 0 Å². The van der Waals surface area contributed by atoms with Crippen LogP contribution in [0.2, 0.25) is 0 Å². The van der Waals surface area contributed by atoms with Crippen LogP contribution in [0, 0.1) is 0 Å². The van der Waals surface area contributed by atoms with Gasteiger partial charge in [0.1, 0.15) is 18.3 Å². The van der Waals surface area contributed by atoms with Crippen molar-refractivity contribution in [3.63, 3.8) is 0 Å².